The number of hydrogen-bond acceptors (Lipinski definition) is 6. The van der Waals surface area contributed by atoms with Gasteiger partial charge in [0.15, 0.2) is 0 Å². The molecule has 0 aliphatic rings. The van der Waals surface area contributed by atoms with Crippen molar-refractivity contribution in [1.29, 1.82) is 0 Å². The largest absolute Gasteiger partial charge is 0.423 e. The van der Waals surface area contributed by atoms with Gasteiger partial charge in [0.1, 0.15) is 11.3 Å². The number of nitro groups is 2. The molecule has 0 N–H and O–H groups in total. The van der Waals surface area contributed by atoms with Crippen molar-refractivity contribution >= 4 is 39.9 Å². The van der Waals surface area contributed by atoms with E-state index in [2.05, 4.69) is 22.6 Å². The highest BCUT2D eigenvalue weighted by Crippen LogP contribution is 2.26. The van der Waals surface area contributed by atoms with Crippen molar-refractivity contribution in [2.75, 3.05) is 0 Å². The minimum absolute atomic E-state index is 0.220. The summed E-state index contributed by atoms with van der Waals surface area (Å²) in [7, 11) is 0. The number of ether oxygens (including phenoxy) is 1. The molecule has 0 atom stereocenters. The van der Waals surface area contributed by atoms with E-state index in [-0.39, 0.29) is 11.3 Å². The molecule has 0 bridgehead atoms. The molecule has 0 radical (unpaired) electrons. The molecule has 0 amide bonds. The molecule has 0 unspecified atom stereocenters. The van der Waals surface area contributed by atoms with Gasteiger partial charge in [-0.1, -0.05) is 0 Å². The second-order valence-corrected chi connectivity index (χ2v) is 5.30. The molecule has 0 aliphatic carbocycles. The zero-order valence-corrected chi connectivity index (χ0v) is 12.9. The van der Waals surface area contributed by atoms with Gasteiger partial charge in [-0.15, -0.1) is 0 Å². The summed E-state index contributed by atoms with van der Waals surface area (Å²) in [4.78, 5) is 32.0. The Labute approximate surface area is 137 Å². The van der Waals surface area contributed by atoms with Gasteiger partial charge in [0.25, 0.3) is 11.4 Å². The van der Waals surface area contributed by atoms with Crippen LogP contribution in [0.5, 0.6) is 5.75 Å². The van der Waals surface area contributed by atoms with Crippen molar-refractivity contribution in [2.45, 2.75) is 0 Å². The number of carbonyl (C=O) groups excluding carboxylic acids is 1. The third-order valence-corrected chi connectivity index (χ3v) is 3.35. The van der Waals surface area contributed by atoms with E-state index in [0.29, 0.717) is 0 Å². The van der Waals surface area contributed by atoms with Crippen LogP contribution in [0.3, 0.4) is 0 Å². The Bertz CT molecular complexity index is 760. The summed E-state index contributed by atoms with van der Waals surface area (Å²) < 4.78 is 5.96. The van der Waals surface area contributed by atoms with Crippen LogP contribution in [0.15, 0.2) is 42.5 Å². The SMILES string of the molecule is O=C(Oc1ccc(I)cc1)c1ccc([N+](=O)[O-])cc1[N+](=O)[O-]. The molecule has 2 aromatic rings. The van der Waals surface area contributed by atoms with E-state index in [1.54, 1.807) is 12.1 Å². The first-order valence-electron chi connectivity index (χ1n) is 5.79. The molecular formula is C13H7IN2O6. The predicted octanol–water partition coefficient (Wildman–Crippen LogP) is 3.33. The minimum Gasteiger partial charge on any atom is -0.423 e. The Morgan fingerprint density at radius 1 is 1.00 bits per heavy atom. The Morgan fingerprint density at radius 2 is 1.64 bits per heavy atom. The molecule has 0 aliphatic heterocycles. The number of rotatable bonds is 4. The van der Waals surface area contributed by atoms with Crippen molar-refractivity contribution in [3.63, 3.8) is 0 Å². The molecule has 22 heavy (non-hydrogen) atoms. The van der Waals surface area contributed by atoms with E-state index in [1.807, 2.05) is 0 Å². The molecule has 0 spiro atoms. The second-order valence-electron chi connectivity index (χ2n) is 4.06. The first-order valence-corrected chi connectivity index (χ1v) is 6.87. The quantitative estimate of drug-likeness (QED) is 0.249. The fourth-order valence-electron chi connectivity index (χ4n) is 1.62. The van der Waals surface area contributed by atoms with Gasteiger partial charge in [0.2, 0.25) is 0 Å². The minimum atomic E-state index is -0.956. The molecular weight excluding hydrogens is 407 g/mol. The number of esters is 1. The van der Waals surface area contributed by atoms with Crippen LogP contribution >= 0.6 is 22.6 Å². The molecule has 112 valence electrons. The second kappa shape index (κ2) is 6.47. The van der Waals surface area contributed by atoms with Crippen LogP contribution < -0.4 is 4.74 Å². The van der Waals surface area contributed by atoms with Crippen LogP contribution in [0, 0.1) is 23.8 Å². The van der Waals surface area contributed by atoms with Gasteiger partial charge in [-0.25, -0.2) is 4.79 Å². The number of non-ortho nitro benzene ring substituents is 1. The normalized spacial score (nSPS) is 10.0. The first-order chi connectivity index (χ1) is 10.4. The summed E-state index contributed by atoms with van der Waals surface area (Å²) in [5.74, 6) is -0.735. The molecule has 2 rings (SSSR count). The van der Waals surface area contributed by atoms with Crippen molar-refractivity contribution in [1.82, 2.24) is 0 Å². The maximum Gasteiger partial charge on any atom is 0.350 e. The van der Waals surface area contributed by atoms with Gasteiger partial charge in [0, 0.05) is 9.64 Å². The van der Waals surface area contributed by atoms with Gasteiger partial charge < -0.3 is 4.74 Å². The fraction of sp³-hybridized carbons (Fsp3) is 0. The number of benzene rings is 2. The average molecular weight is 414 g/mol. The summed E-state index contributed by atoms with van der Waals surface area (Å²) in [6.07, 6.45) is 0. The maximum absolute atomic E-state index is 12.0. The molecule has 0 aromatic heterocycles. The molecule has 0 fully saturated rings. The van der Waals surface area contributed by atoms with Crippen molar-refractivity contribution < 1.29 is 19.4 Å². The van der Waals surface area contributed by atoms with Crippen LogP contribution in [-0.4, -0.2) is 15.8 Å². The van der Waals surface area contributed by atoms with Crippen LogP contribution in [-0.2, 0) is 0 Å². The van der Waals surface area contributed by atoms with E-state index in [9.17, 15) is 25.0 Å². The highest BCUT2D eigenvalue weighted by atomic mass is 127. The topological polar surface area (TPSA) is 113 Å². The third kappa shape index (κ3) is 3.55. The van der Waals surface area contributed by atoms with E-state index in [0.717, 1.165) is 21.8 Å². The van der Waals surface area contributed by atoms with E-state index in [4.69, 9.17) is 4.74 Å². The standard InChI is InChI=1S/C13H7IN2O6/c14-8-1-4-10(5-2-8)22-13(17)11-6-3-9(15(18)19)7-12(11)16(20)21/h1-7H. The fourth-order valence-corrected chi connectivity index (χ4v) is 1.98. The van der Waals surface area contributed by atoms with Crippen LogP contribution in [0.4, 0.5) is 11.4 Å². The Morgan fingerprint density at radius 3 is 2.18 bits per heavy atom. The molecule has 0 saturated carbocycles. The summed E-state index contributed by atoms with van der Waals surface area (Å²) in [6, 6.07) is 9.22. The summed E-state index contributed by atoms with van der Waals surface area (Å²) in [6.45, 7) is 0. The van der Waals surface area contributed by atoms with Gasteiger partial charge in [-0.3, -0.25) is 20.2 Å². The van der Waals surface area contributed by atoms with E-state index < -0.39 is 27.2 Å². The van der Waals surface area contributed by atoms with E-state index >= 15 is 0 Å². The highest BCUT2D eigenvalue weighted by Gasteiger charge is 2.25. The first kappa shape index (κ1) is 15.8. The van der Waals surface area contributed by atoms with Gasteiger partial charge in [-0.05, 0) is 52.9 Å². The zero-order chi connectivity index (χ0) is 16.3. The summed E-state index contributed by atoms with van der Waals surface area (Å²) in [5.41, 5.74) is -1.50. The Hall–Kier alpha value is -2.56. The summed E-state index contributed by atoms with van der Waals surface area (Å²) in [5, 5.41) is 21.6. The lowest BCUT2D eigenvalue weighted by atomic mass is 10.1. The van der Waals surface area contributed by atoms with Crippen LogP contribution in [0.25, 0.3) is 0 Å². The average Bonchev–Trinajstić information content (AvgIpc) is 2.48. The smallest absolute Gasteiger partial charge is 0.350 e. The van der Waals surface area contributed by atoms with Crippen LogP contribution in [0.2, 0.25) is 0 Å². The van der Waals surface area contributed by atoms with Crippen molar-refractivity contribution in [2.24, 2.45) is 0 Å². The summed E-state index contributed by atoms with van der Waals surface area (Å²) >= 11 is 2.07. The number of halogens is 1. The van der Waals surface area contributed by atoms with Crippen molar-refractivity contribution in [3.8, 4) is 5.75 Å². The molecule has 8 nitrogen and oxygen atoms in total. The van der Waals surface area contributed by atoms with Crippen molar-refractivity contribution in [3.05, 3.63) is 71.8 Å². The molecule has 9 heteroatoms. The number of hydrogen-bond donors (Lipinski definition) is 0. The Balaban J connectivity index is 2.34. The third-order valence-electron chi connectivity index (χ3n) is 2.63. The molecule has 2 aromatic carbocycles. The number of carbonyl (C=O) groups is 1. The molecule has 0 saturated heterocycles. The lowest BCUT2D eigenvalue weighted by Gasteiger charge is -2.05. The van der Waals surface area contributed by atoms with Gasteiger partial charge >= 0.3 is 5.97 Å². The Kier molecular flexibility index (Phi) is 4.65. The maximum atomic E-state index is 12.0. The van der Waals surface area contributed by atoms with E-state index in [1.165, 1.54) is 12.1 Å². The van der Waals surface area contributed by atoms with Gasteiger partial charge in [0.05, 0.1) is 15.9 Å². The highest BCUT2D eigenvalue weighted by molar-refractivity contribution is 14.1. The predicted molar refractivity (Wildman–Crippen MR) is 83.9 cm³/mol. The zero-order valence-electron chi connectivity index (χ0n) is 10.8. The van der Waals surface area contributed by atoms with Gasteiger partial charge in [-0.2, -0.15) is 0 Å². The number of nitro benzene ring substituents is 2. The molecule has 0 heterocycles. The van der Waals surface area contributed by atoms with Crippen LogP contribution in [0.1, 0.15) is 10.4 Å². The monoisotopic (exact) mass is 414 g/mol. The number of nitrogens with zero attached hydrogens (tertiary/aromatic N) is 2. The lowest BCUT2D eigenvalue weighted by molar-refractivity contribution is -0.394. The lowest BCUT2D eigenvalue weighted by Crippen LogP contribution is -2.11.